The first-order valence-corrected chi connectivity index (χ1v) is 9.37. The average molecular weight is 355 g/mol. The second-order valence-corrected chi connectivity index (χ2v) is 7.92. The molecule has 1 spiro atoms. The smallest absolute Gasteiger partial charge is 0.312 e. The third kappa shape index (κ3) is 2.84. The lowest BCUT2D eigenvalue weighted by molar-refractivity contribution is -0.154. The van der Waals surface area contributed by atoms with Gasteiger partial charge in [0.05, 0.1) is 25.2 Å². The van der Waals surface area contributed by atoms with Gasteiger partial charge in [-0.3, -0.25) is 9.59 Å². The van der Waals surface area contributed by atoms with Gasteiger partial charge in [-0.25, -0.2) is 0 Å². The Kier molecular flexibility index (Phi) is 4.35. The second-order valence-electron chi connectivity index (χ2n) is 7.92. The zero-order valence-corrected chi connectivity index (χ0v) is 15.3. The molecule has 2 fully saturated rings. The van der Waals surface area contributed by atoms with Gasteiger partial charge in [-0.15, -0.1) is 0 Å². The highest BCUT2D eigenvalue weighted by molar-refractivity contribution is 5.91. The van der Waals surface area contributed by atoms with E-state index in [1.807, 2.05) is 49.1 Å². The Bertz CT molecular complexity index is 729. The first-order valence-electron chi connectivity index (χ1n) is 9.37. The van der Waals surface area contributed by atoms with Crippen molar-refractivity contribution in [2.24, 2.45) is 17.8 Å². The van der Waals surface area contributed by atoms with Crippen molar-refractivity contribution in [3.8, 4) is 0 Å². The number of nitrogens with zero attached hydrogens (tertiary/aromatic N) is 1. The molecule has 1 aromatic rings. The highest BCUT2D eigenvalue weighted by atomic mass is 16.6. The topological polar surface area (TPSA) is 55.8 Å². The molecule has 4 atom stereocenters. The molecule has 0 unspecified atom stereocenters. The van der Waals surface area contributed by atoms with Crippen molar-refractivity contribution in [1.82, 2.24) is 4.90 Å². The van der Waals surface area contributed by atoms with Crippen LogP contribution in [-0.4, -0.2) is 48.2 Å². The molecule has 5 heteroatoms. The van der Waals surface area contributed by atoms with Crippen LogP contribution < -0.4 is 0 Å². The number of fused-ring (bicyclic) bond motifs is 1. The Labute approximate surface area is 154 Å². The predicted molar refractivity (Wildman–Crippen MR) is 96.2 cm³/mol. The molecule has 138 valence electrons. The fraction of sp³-hybridized carbons (Fsp3) is 0.524. The molecule has 0 saturated carbocycles. The maximum absolute atomic E-state index is 13.1. The Balaban J connectivity index is 1.47. The highest BCUT2D eigenvalue weighted by Gasteiger charge is 2.67. The van der Waals surface area contributed by atoms with E-state index >= 15 is 0 Å². The molecule has 26 heavy (non-hydrogen) atoms. The summed E-state index contributed by atoms with van der Waals surface area (Å²) in [6, 6.07) is 10.1. The minimum Gasteiger partial charge on any atom is -0.465 e. The van der Waals surface area contributed by atoms with Crippen LogP contribution in [-0.2, 0) is 25.5 Å². The molecule has 3 heterocycles. The molecule has 0 N–H and O–H groups in total. The van der Waals surface area contributed by atoms with Gasteiger partial charge in [0.2, 0.25) is 5.91 Å². The average Bonchev–Trinajstić information content (AvgIpc) is 3.27. The van der Waals surface area contributed by atoms with Crippen molar-refractivity contribution in [1.29, 1.82) is 0 Å². The molecule has 5 nitrogen and oxygen atoms in total. The molecule has 3 aliphatic rings. The third-order valence-corrected chi connectivity index (χ3v) is 5.52. The number of hydrogen-bond donors (Lipinski definition) is 0. The molecular weight excluding hydrogens is 330 g/mol. The molecule has 2 bridgehead atoms. The highest BCUT2D eigenvalue weighted by Crippen LogP contribution is 2.52. The lowest BCUT2D eigenvalue weighted by atomic mass is 9.77. The van der Waals surface area contributed by atoms with E-state index in [0.717, 1.165) is 6.42 Å². The lowest BCUT2D eigenvalue weighted by Gasteiger charge is -2.23. The summed E-state index contributed by atoms with van der Waals surface area (Å²) in [6.45, 7) is 5.52. The van der Waals surface area contributed by atoms with Crippen LogP contribution in [0.4, 0.5) is 0 Å². The maximum Gasteiger partial charge on any atom is 0.312 e. The number of carbonyl (C=O) groups is 2. The van der Waals surface area contributed by atoms with E-state index < -0.39 is 17.4 Å². The van der Waals surface area contributed by atoms with Gasteiger partial charge < -0.3 is 14.4 Å². The standard InChI is InChI=1S/C21H25NO4/c1-14(2)12-25-20(24)17-16-8-10-21(26-16)13-22(19(23)18(17)21)11-9-15-6-4-3-5-7-15/h3-8,10,14,16-18H,9,11-13H2,1-2H3/t16-,17+,18-,21+/m1/s1. The van der Waals surface area contributed by atoms with Crippen molar-refractivity contribution >= 4 is 11.9 Å². The Morgan fingerprint density at radius 3 is 2.85 bits per heavy atom. The Hall–Kier alpha value is -2.14. The largest absolute Gasteiger partial charge is 0.465 e. The lowest BCUT2D eigenvalue weighted by Crippen LogP contribution is -2.40. The van der Waals surface area contributed by atoms with Crippen molar-refractivity contribution in [2.45, 2.75) is 32.0 Å². The number of amides is 1. The van der Waals surface area contributed by atoms with Gasteiger partial charge in [-0.05, 0) is 17.9 Å². The fourth-order valence-electron chi connectivity index (χ4n) is 4.29. The summed E-state index contributed by atoms with van der Waals surface area (Å²) < 4.78 is 11.5. The number of ether oxygens (including phenoxy) is 2. The zero-order chi connectivity index (χ0) is 18.3. The summed E-state index contributed by atoms with van der Waals surface area (Å²) >= 11 is 0. The minimum absolute atomic E-state index is 0.0132. The Morgan fingerprint density at radius 1 is 1.35 bits per heavy atom. The van der Waals surface area contributed by atoms with Crippen molar-refractivity contribution < 1.29 is 19.1 Å². The molecule has 0 aromatic heterocycles. The van der Waals surface area contributed by atoms with E-state index in [-0.39, 0.29) is 23.9 Å². The predicted octanol–water partition coefficient (Wildman–Crippen LogP) is 2.21. The first kappa shape index (κ1) is 17.3. The number of rotatable bonds is 6. The van der Waals surface area contributed by atoms with Crippen LogP contribution in [0.25, 0.3) is 0 Å². The molecule has 2 saturated heterocycles. The van der Waals surface area contributed by atoms with Gasteiger partial charge >= 0.3 is 5.97 Å². The quantitative estimate of drug-likeness (QED) is 0.580. The van der Waals surface area contributed by atoms with Crippen molar-refractivity contribution in [3.05, 3.63) is 48.0 Å². The summed E-state index contributed by atoms with van der Waals surface area (Å²) in [5, 5.41) is 0. The van der Waals surface area contributed by atoms with Gasteiger partial charge in [0.1, 0.15) is 11.5 Å². The van der Waals surface area contributed by atoms with Crippen LogP contribution >= 0.6 is 0 Å². The molecule has 1 amide bonds. The fourth-order valence-corrected chi connectivity index (χ4v) is 4.29. The third-order valence-electron chi connectivity index (χ3n) is 5.52. The number of benzene rings is 1. The summed E-state index contributed by atoms with van der Waals surface area (Å²) in [5.74, 6) is -0.997. The van der Waals surface area contributed by atoms with E-state index in [4.69, 9.17) is 9.47 Å². The van der Waals surface area contributed by atoms with E-state index in [9.17, 15) is 9.59 Å². The molecule has 4 rings (SSSR count). The van der Waals surface area contributed by atoms with Gasteiger partial charge in [-0.2, -0.15) is 0 Å². The van der Waals surface area contributed by atoms with Gasteiger partial charge in [-0.1, -0.05) is 56.3 Å². The summed E-state index contributed by atoms with van der Waals surface area (Å²) in [6.07, 6.45) is 4.37. The molecule has 0 radical (unpaired) electrons. The maximum atomic E-state index is 13.1. The number of likely N-dealkylation sites (tertiary alicyclic amines) is 1. The normalized spacial score (nSPS) is 31.7. The van der Waals surface area contributed by atoms with Gasteiger partial charge in [0, 0.05) is 6.54 Å². The molecule has 0 aliphatic carbocycles. The van der Waals surface area contributed by atoms with Crippen LogP contribution in [0.15, 0.2) is 42.5 Å². The van der Waals surface area contributed by atoms with Crippen LogP contribution in [0.5, 0.6) is 0 Å². The first-order chi connectivity index (χ1) is 12.5. The van der Waals surface area contributed by atoms with E-state index in [2.05, 4.69) is 12.1 Å². The number of hydrogen-bond acceptors (Lipinski definition) is 4. The SMILES string of the molecule is CC(C)COC(=O)[C@H]1[C@H]2C=C[C@@]3(CN(CCc4ccccc4)C(=O)[C@@H]13)O2. The van der Waals surface area contributed by atoms with Crippen LogP contribution in [0.2, 0.25) is 0 Å². The molecule has 3 aliphatic heterocycles. The molecule has 1 aromatic carbocycles. The summed E-state index contributed by atoms with van der Waals surface area (Å²) in [5.41, 5.74) is 0.545. The van der Waals surface area contributed by atoms with Gasteiger partial charge in [0.25, 0.3) is 0 Å². The van der Waals surface area contributed by atoms with Gasteiger partial charge in [0.15, 0.2) is 0 Å². The van der Waals surface area contributed by atoms with Crippen LogP contribution in [0.3, 0.4) is 0 Å². The number of esters is 1. The van der Waals surface area contributed by atoms with Crippen LogP contribution in [0, 0.1) is 17.8 Å². The van der Waals surface area contributed by atoms with Crippen LogP contribution in [0.1, 0.15) is 19.4 Å². The van der Waals surface area contributed by atoms with Crippen molar-refractivity contribution in [2.75, 3.05) is 19.7 Å². The van der Waals surface area contributed by atoms with E-state index in [1.165, 1.54) is 5.56 Å². The molecular formula is C21H25NO4. The monoisotopic (exact) mass is 355 g/mol. The number of carbonyl (C=O) groups excluding carboxylic acids is 2. The summed E-state index contributed by atoms with van der Waals surface area (Å²) in [7, 11) is 0. The van der Waals surface area contributed by atoms with Crippen molar-refractivity contribution in [3.63, 3.8) is 0 Å². The summed E-state index contributed by atoms with van der Waals surface area (Å²) in [4.78, 5) is 27.5. The zero-order valence-electron chi connectivity index (χ0n) is 15.3. The van der Waals surface area contributed by atoms with E-state index in [1.54, 1.807) is 0 Å². The van der Waals surface area contributed by atoms with E-state index in [0.29, 0.717) is 19.7 Å². The minimum atomic E-state index is -0.653. The second kappa shape index (κ2) is 6.54. The Morgan fingerprint density at radius 2 is 2.12 bits per heavy atom.